The van der Waals surface area contributed by atoms with E-state index in [9.17, 15) is 9.18 Å². The van der Waals surface area contributed by atoms with Gasteiger partial charge < -0.3 is 10.1 Å². The summed E-state index contributed by atoms with van der Waals surface area (Å²) in [6.45, 7) is 2.28. The summed E-state index contributed by atoms with van der Waals surface area (Å²) in [5.41, 5.74) is 0.993. The number of benzene rings is 1. The Kier molecular flexibility index (Phi) is 4.47. The summed E-state index contributed by atoms with van der Waals surface area (Å²) in [6.07, 6.45) is 1.66. The summed E-state index contributed by atoms with van der Waals surface area (Å²) in [5.74, 6) is -0.581. The molecule has 1 amide bonds. The molecule has 1 heterocycles. The maximum Gasteiger partial charge on any atom is 0.272 e. The first-order valence-corrected chi connectivity index (χ1v) is 6.21. The van der Waals surface area contributed by atoms with Crippen molar-refractivity contribution in [3.8, 4) is 5.69 Å². The van der Waals surface area contributed by atoms with Crippen LogP contribution in [-0.4, -0.2) is 35.4 Å². The number of amides is 1. The van der Waals surface area contributed by atoms with Crippen LogP contribution in [0.2, 0.25) is 0 Å². The predicted molar refractivity (Wildman–Crippen MR) is 72.3 cm³/mol. The van der Waals surface area contributed by atoms with E-state index in [-0.39, 0.29) is 17.8 Å². The third kappa shape index (κ3) is 3.42. The van der Waals surface area contributed by atoms with Crippen LogP contribution in [0.4, 0.5) is 4.39 Å². The second-order valence-electron chi connectivity index (χ2n) is 4.45. The Morgan fingerprint density at radius 1 is 1.40 bits per heavy atom. The Hall–Kier alpha value is -2.21. The predicted octanol–water partition coefficient (Wildman–Crippen LogP) is 1.78. The first-order chi connectivity index (χ1) is 9.60. The van der Waals surface area contributed by atoms with E-state index >= 15 is 0 Å². The van der Waals surface area contributed by atoms with Crippen molar-refractivity contribution in [2.75, 3.05) is 13.7 Å². The lowest BCUT2D eigenvalue weighted by Gasteiger charge is -2.11. The first-order valence-electron chi connectivity index (χ1n) is 6.21. The minimum atomic E-state index is -0.313. The first kappa shape index (κ1) is 14.2. The van der Waals surface area contributed by atoms with Crippen molar-refractivity contribution in [2.24, 2.45) is 0 Å². The maximum atomic E-state index is 12.8. The van der Waals surface area contributed by atoms with Crippen LogP contribution in [0.1, 0.15) is 17.4 Å². The normalized spacial score (nSPS) is 12.2. The highest BCUT2D eigenvalue weighted by Gasteiger charge is 2.12. The lowest BCUT2D eigenvalue weighted by atomic mass is 10.3. The fourth-order valence-electron chi connectivity index (χ4n) is 1.77. The number of ether oxygens (including phenoxy) is 1. The zero-order valence-electron chi connectivity index (χ0n) is 11.3. The third-order valence-electron chi connectivity index (χ3n) is 2.71. The Labute approximate surface area is 116 Å². The van der Waals surface area contributed by atoms with Gasteiger partial charge in [-0.2, -0.15) is 5.10 Å². The van der Waals surface area contributed by atoms with E-state index in [1.807, 2.05) is 6.92 Å². The van der Waals surface area contributed by atoms with Crippen LogP contribution in [0.3, 0.4) is 0 Å². The van der Waals surface area contributed by atoms with Crippen LogP contribution in [0.15, 0.2) is 36.5 Å². The molecular formula is C14H16FN3O2. The van der Waals surface area contributed by atoms with E-state index in [2.05, 4.69) is 10.4 Å². The summed E-state index contributed by atoms with van der Waals surface area (Å²) < 4.78 is 19.3. The van der Waals surface area contributed by atoms with Gasteiger partial charge >= 0.3 is 0 Å². The Bertz CT molecular complexity index is 580. The van der Waals surface area contributed by atoms with Gasteiger partial charge in [-0.1, -0.05) is 0 Å². The summed E-state index contributed by atoms with van der Waals surface area (Å²) >= 11 is 0. The van der Waals surface area contributed by atoms with E-state index in [0.29, 0.717) is 18.0 Å². The third-order valence-corrected chi connectivity index (χ3v) is 2.71. The second-order valence-corrected chi connectivity index (χ2v) is 4.45. The van der Waals surface area contributed by atoms with Crippen LogP contribution >= 0.6 is 0 Å². The van der Waals surface area contributed by atoms with Gasteiger partial charge in [-0.25, -0.2) is 9.07 Å². The molecule has 0 aliphatic heterocycles. The molecule has 0 spiro atoms. The molecule has 0 saturated heterocycles. The second kappa shape index (κ2) is 6.29. The molecule has 0 bridgehead atoms. The van der Waals surface area contributed by atoms with Crippen LogP contribution in [0, 0.1) is 5.82 Å². The highest BCUT2D eigenvalue weighted by molar-refractivity contribution is 5.92. The Balaban J connectivity index is 2.08. The van der Waals surface area contributed by atoms with E-state index in [1.54, 1.807) is 31.5 Å². The minimum absolute atomic E-state index is 0.0940. The molecule has 20 heavy (non-hydrogen) atoms. The number of rotatable bonds is 5. The fraction of sp³-hybridized carbons (Fsp3) is 0.286. The van der Waals surface area contributed by atoms with Gasteiger partial charge in [0.1, 0.15) is 5.82 Å². The van der Waals surface area contributed by atoms with Crippen LogP contribution in [-0.2, 0) is 4.74 Å². The van der Waals surface area contributed by atoms with Crippen molar-refractivity contribution < 1.29 is 13.9 Å². The van der Waals surface area contributed by atoms with Crippen molar-refractivity contribution in [3.05, 3.63) is 48.0 Å². The SMILES string of the molecule is COC[C@@H](C)NC(=O)c1ccn(-c2ccc(F)cc2)n1. The maximum absolute atomic E-state index is 12.8. The van der Waals surface area contributed by atoms with Gasteiger partial charge in [0.15, 0.2) is 5.69 Å². The Morgan fingerprint density at radius 2 is 2.10 bits per heavy atom. The summed E-state index contributed by atoms with van der Waals surface area (Å²) in [5, 5.41) is 6.94. The van der Waals surface area contributed by atoms with E-state index < -0.39 is 0 Å². The van der Waals surface area contributed by atoms with Crippen molar-refractivity contribution in [1.29, 1.82) is 0 Å². The molecule has 0 saturated carbocycles. The number of nitrogens with one attached hydrogen (secondary N) is 1. The van der Waals surface area contributed by atoms with Gasteiger partial charge in [0, 0.05) is 19.3 Å². The van der Waals surface area contributed by atoms with Crippen LogP contribution in [0.25, 0.3) is 5.69 Å². The van der Waals surface area contributed by atoms with Gasteiger partial charge in [0.2, 0.25) is 0 Å². The summed E-state index contributed by atoms with van der Waals surface area (Å²) in [4.78, 5) is 11.9. The largest absolute Gasteiger partial charge is 0.383 e. The molecule has 1 aromatic carbocycles. The molecule has 6 heteroatoms. The lowest BCUT2D eigenvalue weighted by Crippen LogP contribution is -2.35. The number of hydrogen-bond acceptors (Lipinski definition) is 3. The van der Waals surface area contributed by atoms with Gasteiger partial charge in [0.25, 0.3) is 5.91 Å². The van der Waals surface area contributed by atoms with Gasteiger partial charge in [0.05, 0.1) is 12.3 Å². The van der Waals surface area contributed by atoms with E-state index in [1.165, 1.54) is 16.8 Å². The molecule has 0 aliphatic rings. The molecule has 1 N–H and O–H groups in total. The highest BCUT2D eigenvalue weighted by atomic mass is 19.1. The molecular weight excluding hydrogens is 261 g/mol. The number of nitrogens with zero attached hydrogens (tertiary/aromatic N) is 2. The van der Waals surface area contributed by atoms with Crippen molar-refractivity contribution in [1.82, 2.24) is 15.1 Å². The highest BCUT2D eigenvalue weighted by Crippen LogP contribution is 2.09. The quantitative estimate of drug-likeness (QED) is 0.906. The number of carbonyl (C=O) groups excluding carboxylic acids is 1. The molecule has 0 aliphatic carbocycles. The fourth-order valence-corrected chi connectivity index (χ4v) is 1.77. The summed E-state index contributed by atoms with van der Waals surface area (Å²) in [7, 11) is 1.58. The zero-order chi connectivity index (χ0) is 14.5. The molecule has 0 radical (unpaired) electrons. The minimum Gasteiger partial charge on any atom is -0.383 e. The molecule has 2 aromatic rings. The molecule has 106 valence electrons. The summed E-state index contributed by atoms with van der Waals surface area (Å²) in [6, 6.07) is 7.39. The number of aromatic nitrogens is 2. The van der Waals surface area contributed by atoms with E-state index in [0.717, 1.165) is 0 Å². The molecule has 1 aromatic heterocycles. The monoisotopic (exact) mass is 277 g/mol. The number of hydrogen-bond donors (Lipinski definition) is 1. The van der Waals surface area contributed by atoms with Gasteiger partial charge in [-0.15, -0.1) is 0 Å². The zero-order valence-corrected chi connectivity index (χ0v) is 11.3. The average Bonchev–Trinajstić information content (AvgIpc) is 2.89. The van der Waals surface area contributed by atoms with Crippen LogP contribution in [0.5, 0.6) is 0 Å². The number of halogens is 1. The molecule has 0 fully saturated rings. The van der Waals surface area contributed by atoms with Gasteiger partial charge in [-0.05, 0) is 37.3 Å². The topological polar surface area (TPSA) is 56.1 Å². The lowest BCUT2D eigenvalue weighted by molar-refractivity contribution is 0.0900. The van der Waals surface area contributed by atoms with Crippen molar-refractivity contribution >= 4 is 5.91 Å². The molecule has 5 nitrogen and oxygen atoms in total. The van der Waals surface area contributed by atoms with Gasteiger partial charge in [-0.3, -0.25) is 4.79 Å². The number of carbonyl (C=O) groups is 1. The average molecular weight is 277 g/mol. The van der Waals surface area contributed by atoms with Crippen molar-refractivity contribution in [2.45, 2.75) is 13.0 Å². The number of methoxy groups -OCH3 is 1. The Morgan fingerprint density at radius 3 is 2.75 bits per heavy atom. The molecule has 2 rings (SSSR count). The van der Waals surface area contributed by atoms with Crippen molar-refractivity contribution in [3.63, 3.8) is 0 Å². The van der Waals surface area contributed by atoms with Crippen LogP contribution < -0.4 is 5.32 Å². The standard InChI is InChI=1S/C14H16FN3O2/c1-10(9-20-2)16-14(19)13-7-8-18(17-13)12-5-3-11(15)4-6-12/h3-8,10H,9H2,1-2H3,(H,16,19)/t10-/m1/s1. The smallest absolute Gasteiger partial charge is 0.272 e. The molecule has 0 unspecified atom stereocenters. The van der Waals surface area contributed by atoms with E-state index in [4.69, 9.17) is 4.74 Å². The molecule has 1 atom stereocenters.